The summed E-state index contributed by atoms with van der Waals surface area (Å²) in [7, 11) is 0. The van der Waals surface area contributed by atoms with Gasteiger partial charge in [-0.1, -0.05) is 74.9 Å². The molecule has 0 radical (unpaired) electrons. The number of thioether (sulfide) groups is 1. The van der Waals surface area contributed by atoms with E-state index in [1.807, 2.05) is 11.8 Å². The van der Waals surface area contributed by atoms with Crippen LogP contribution < -0.4 is 4.90 Å². The predicted octanol–water partition coefficient (Wildman–Crippen LogP) is 5.80. The SMILES string of the molecule is C=C1Sc2c(ccc3ccccc23)N1CCCCCC. The summed E-state index contributed by atoms with van der Waals surface area (Å²) in [5, 5.41) is 3.85. The molecule has 20 heavy (non-hydrogen) atoms. The quantitative estimate of drug-likeness (QED) is 0.638. The molecule has 2 heteroatoms. The number of anilines is 1. The second-order valence-corrected chi connectivity index (χ2v) is 6.43. The summed E-state index contributed by atoms with van der Waals surface area (Å²) in [5.41, 5.74) is 1.34. The van der Waals surface area contributed by atoms with E-state index in [0.29, 0.717) is 0 Å². The summed E-state index contributed by atoms with van der Waals surface area (Å²) in [6.07, 6.45) is 5.18. The van der Waals surface area contributed by atoms with Gasteiger partial charge in [0.2, 0.25) is 0 Å². The van der Waals surface area contributed by atoms with Gasteiger partial charge >= 0.3 is 0 Å². The molecule has 0 aromatic heterocycles. The van der Waals surface area contributed by atoms with Crippen molar-refractivity contribution in [2.24, 2.45) is 0 Å². The highest BCUT2D eigenvalue weighted by Gasteiger charge is 2.24. The van der Waals surface area contributed by atoms with Crippen molar-refractivity contribution in [3.8, 4) is 0 Å². The summed E-state index contributed by atoms with van der Waals surface area (Å²) < 4.78 is 0. The van der Waals surface area contributed by atoms with Crippen molar-refractivity contribution >= 4 is 28.2 Å². The molecular formula is C18H21NS. The van der Waals surface area contributed by atoms with E-state index < -0.39 is 0 Å². The van der Waals surface area contributed by atoms with E-state index in [9.17, 15) is 0 Å². The van der Waals surface area contributed by atoms with Crippen LogP contribution >= 0.6 is 11.8 Å². The number of benzene rings is 2. The van der Waals surface area contributed by atoms with Gasteiger partial charge in [0.1, 0.15) is 0 Å². The highest BCUT2D eigenvalue weighted by molar-refractivity contribution is 8.04. The summed E-state index contributed by atoms with van der Waals surface area (Å²) in [4.78, 5) is 3.77. The Morgan fingerprint density at radius 1 is 1.05 bits per heavy atom. The molecule has 1 aliphatic rings. The molecule has 1 aliphatic heterocycles. The number of hydrogen-bond acceptors (Lipinski definition) is 2. The minimum absolute atomic E-state index is 1.09. The molecule has 0 fully saturated rings. The van der Waals surface area contributed by atoms with Crippen molar-refractivity contribution in [3.05, 3.63) is 48.0 Å². The fourth-order valence-corrected chi connectivity index (χ4v) is 3.91. The third kappa shape index (κ3) is 2.45. The number of nitrogens with zero attached hydrogens (tertiary/aromatic N) is 1. The Balaban J connectivity index is 1.87. The highest BCUT2D eigenvalue weighted by Crippen LogP contribution is 2.48. The first kappa shape index (κ1) is 13.6. The molecule has 1 nitrogen and oxygen atoms in total. The van der Waals surface area contributed by atoms with Crippen molar-refractivity contribution in [2.75, 3.05) is 11.4 Å². The Morgan fingerprint density at radius 3 is 2.75 bits per heavy atom. The zero-order valence-electron chi connectivity index (χ0n) is 12.1. The minimum Gasteiger partial charge on any atom is -0.335 e. The molecule has 3 rings (SSSR count). The minimum atomic E-state index is 1.09. The first-order valence-electron chi connectivity index (χ1n) is 7.47. The van der Waals surface area contributed by atoms with Crippen LogP contribution in [0.15, 0.2) is 52.9 Å². The maximum Gasteiger partial charge on any atom is 0.0728 e. The molecule has 0 saturated heterocycles. The molecule has 2 aromatic carbocycles. The van der Waals surface area contributed by atoms with Gasteiger partial charge in [-0.15, -0.1) is 0 Å². The third-order valence-corrected chi connectivity index (χ3v) is 5.00. The van der Waals surface area contributed by atoms with Gasteiger partial charge in [0.25, 0.3) is 0 Å². The number of rotatable bonds is 5. The molecule has 104 valence electrons. The van der Waals surface area contributed by atoms with Crippen LogP contribution in [0.2, 0.25) is 0 Å². The van der Waals surface area contributed by atoms with Gasteiger partial charge in [-0.3, -0.25) is 0 Å². The van der Waals surface area contributed by atoms with E-state index in [4.69, 9.17) is 0 Å². The molecule has 0 spiro atoms. The van der Waals surface area contributed by atoms with Gasteiger partial charge < -0.3 is 4.90 Å². The molecule has 0 aliphatic carbocycles. The lowest BCUT2D eigenvalue weighted by Crippen LogP contribution is -2.18. The second-order valence-electron chi connectivity index (χ2n) is 5.34. The Kier molecular flexibility index (Phi) is 4.02. The van der Waals surface area contributed by atoms with Crippen molar-refractivity contribution in [2.45, 2.75) is 37.5 Å². The maximum absolute atomic E-state index is 4.24. The molecule has 2 aromatic rings. The van der Waals surface area contributed by atoms with Crippen LogP contribution in [0.4, 0.5) is 5.69 Å². The molecule has 0 amide bonds. The molecule has 0 bridgehead atoms. The Bertz CT molecular complexity index is 632. The molecule has 0 saturated carbocycles. The van der Waals surface area contributed by atoms with Gasteiger partial charge in [0, 0.05) is 11.4 Å². The van der Waals surface area contributed by atoms with Gasteiger partial charge in [-0.25, -0.2) is 0 Å². The number of unbranched alkanes of at least 4 members (excludes halogenated alkanes) is 3. The number of hydrogen-bond donors (Lipinski definition) is 0. The Hall–Kier alpha value is -1.41. The predicted molar refractivity (Wildman–Crippen MR) is 90.4 cm³/mol. The lowest BCUT2D eigenvalue weighted by atomic mass is 10.1. The zero-order valence-corrected chi connectivity index (χ0v) is 12.9. The van der Waals surface area contributed by atoms with E-state index >= 15 is 0 Å². The summed E-state index contributed by atoms with van der Waals surface area (Å²) in [5.74, 6) is 0. The molecule has 0 N–H and O–H groups in total. The van der Waals surface area contributed by atoms with Crippen LogP contribution in [0, 0.1) is 0 Å². The monoisotopic (exact) mass is 283 g/mol. The first-order chi connectivity index (χ1) is 9.81. The maximum atomic E-state index is 4.24. The second kappa shape index (κ2) is 5.92. The lowest BCUT2D eigenvalue weighted by Gasteiger charge is -2.19. The van der Waals surface area contributed by atoms with E-state index in [0.717, 1.165) is 6.54 Å². The fraction of sp³-hybridized carbons (Fsp3) is 0.333. The zero-order chi connectivity index (χ0) is 13.9. The summed E-state index contributed by atoms with van der Waals surface area (Å²) in [6.45, 7) is 7.60. The van der Waals surface area contributed by atoms with E-state index in [-0.39, 0.29) is 0 Å². The Morgan fingerprint density at radius 2 is 1.90 bits per heavy atom. The average Bonchev–Trinajstić information content (AvgIpc) is 2.80. The molecule has 0 atom stereocenters. The van der Waals surface area contributed by atoms with Crippen LogP contribution in [-0.2, 0) is 0 Å². The molecular weight excluding hydrogens is 262 g/mol. The van der Waals surface area contributed by atoms with Crippen molar-refractivity contribution < 1.29 is 0 Å². The van der Waals surface area contributed by atoms with E-state index in [1.54, 1.807) is 0 Å². The van der Waals surface area contributed by atoms with Crippen molar-refractivity contribution in [3.63, 3.8) is 0 Å². The highest BCUT2D eigenvalue weighted by atomic mass is 32.2. The lowest BCUT2D eigenvalue weighted by molar-refractivity contribution is 0.666. The van der Waals surface area contributed by atoms with Gasteiger partial charge in [-0.05, 0) is 23.3 Å². The standard InChI is InChI=1S/C18H21NS/c1-3-4-5-8-13-19-14(2)20-18-16-10-7-6-9-15(16)11-12-17(18)19/h6-7,9-12H,2-5,8,13H2,1H3. The third-order valence-electron chi connectivity index (χ3n) is 3.91. The van der Waals surface area contributed by atoms with Crippen molar-refractivity contribution in [1.29, 1.82) is 0 Å². The Labute approximate surface area is 125 Å². The summed E-state index contributed by atoms with van der Waals surface area (Å²) >= 11 is 1.82. The average molecular weight is 283 g/mol. The smallest absolute Gasteiger partial charge is 0.0728 e. The van der Waals surface area contributed by atoms with Crippen LogP contribution in [-0.4, -0.2) is 6.54 Å². The summed E-state index contributed by atoms with van der Waals surface area (Å²) in [6, 6.07) is 13.1. The topological polar surface area (TPSA) is 3.24 Å². The van der Waals surface area contributed by atoms with Crippen LogP contribution in [0.5, 0.6) is 0 Å². The first-order valence-corrected chi connectivity index (χ1v) is 8.29. The van der Waals surface area contributed by atoms with Crippen LogP contribution in [0.3, 0.4) is 0 Å². The number of fused-ring (bicyclic) bond motifs is 3. The van der Waals surface area contributed by atoms with E-state index in [1.165, 1.54) is 52.1 Å². The van der Waals surface area contributed by atoms with Gasteiger partial charge in [0.05, 0.1) is 10.7 Å². The largest absolute Gasteiger partial charge is 0.335 e. The van der Waals surface area contributed by atoms with Crippen molar-refractivity contribution in [1.82, 2.24) is 0 Å². The molecule has 0 unspecified atom stereocenters. The van der Waals surface area contributed by atoms with Gasteiger partial charge in [0.15, 0.2) is 0 Å². The molecule has 1 heterocycles. The normalized spacial score (nSPS) is 14.1. The van der Waals surface area contributed by atoms with Crippen LogP contribution in [0.1, 0.15) is 32.6 Å². The van der Waals surface area contributed by atoms with Gasteiger partial charge in [-0.2, -0.15) is 0 Å². The van der Waals surface area contributed by atoms with E-state index in [2.05, 4.69) is 54.8 Å². The fourth-order valence-electron chi connectivity index (χ4n) is 2.80. The van der Waals surface area contributed by atoms with Crippen LogP contribution in [0.25, 0.3) is 10.8 Å².